The molecule has 2 aliphatic rings. The van der Waals surface area contributed by atoms with Crippen LogP contribution in [-0.2, 0) is 6.54 Å². The molecule has 0 bridgehead atoms. The Bertz CT molecular complexity index is 1190. The van der Waals surface area contributed by atoms with Gasteiger partial charge in [-0.2, -0.15) is 0 Å². The van der Waals surface area contributed by atoms with Gasteiger partial charge in [-0.05, 0) is 50.0 Å². The Balaban J connectivity index is 1.37. The van der Waals surface area contributed by atoms with Crippen LogP contribution in [0, 0.1) is 0 Å². The zero-order valence-electron chi connectivity index (χ0n) is 22.1. The topological polar surface area (TPSA) is 154 Å². The van der Waals surface area contributed by atoms with Gasteiger partial charge < -0.3 is 26.8 Å². The summed E-state index contributed by atoms with van der Waals surface area (Å²) >= 11 is 12.5. The van der Waals surface area contributed by atoms with Gasteiger partial charge in [0.05, 0.1) is 6.61 Å². The van der Waals surface area contributed by atoms with Crippen molar-refractivity contribution >= 4 is 46.7 Å². The number of halogens is 2. The molecule has 1 atom stereocenters. The fraction of sp³-hybridized carbons (Fsp3) is 0.538. The molecule has 1 aromatic carbocycles. The van der Waals surface area contributed by atoms with E-state index in [1.165, 1.54) is 0 Å². The second kappa shape index (κ2) is 13.1. The molecular formula is C26H36Cl2N8O3. The third kappa shape index (κ3) is 6.90. The molecule has 0 spiro atoms. The number of rotatable bonds is 9. The van der Waals surface area contributed by atoms with Crippen LogP contribution >= 0.6 is 23.2 Å². The van der Waals surface area contributed by atoms with Crippen LogP contribution < -0.4 is 21.7 Å². The van der Waals surface area contributed by atoms with Gasteiger partial charge in [0.15, 0.2) is 22.5 Å². The number of amides is 2. The van der Waals surface area contributed by atoms with Gasteiger partial charge in [-0.3, -0.25) is 19.4 Å². The normalized spacial score (nSPS) is 19.3. The van der Waals surface area contributed by atoms with Crippen molar-refractivity contribution in [2.24, 2.45) is 5.73 Å². The van der Waals surface area contributed by atoms with E-state index < -0.39 is 11.8 Å². The lowest BCUT2D eigenvalue weighted by atomic mass is 9.97. The maximum Gasteiger partial charge on any atom is 0.273 e. The minimum absolute atomic E-state index is 0.00729. The number of primary amides is 1. The van der Waals surface area contributed by atoms with Crippen LogP contribution in [0.1, 0.15) is 52.6 Å². The van der Waals surface area contributed by atoms with Crippen LogP contribution in [0.2, 0.25) is 10.2 Å². The predicted octanol–water partition coefficient (Wildman–Crippen LogP) is 1.75. The van der Waals surface area contributed by atoms with Gasteiger partial charge >= 0.3 is 0 Å². The molecule has 6 N–H and O–H groups in total. The van der Waals surface area contributed by atoms with Crippen LogP contribution in [0.15, 0.2) is 18.2 Å². The van der Waals surface area contributed by atoms with Gasteiger partial charge in [0.2, 0.25) is 5.91 Å². The molecule has 212 valence electrons. The molecule has 13 heteroatoms. The van der Waals surface area contributed by atoms with Crippen LogP contribution in [0.5, 0.6) is 0 Å². The van der Waals surface area contributed by atoms with E-state index in [0.29, 0.717) is 41.6 Å². The van der Waals surface area contributed by atoms with Crippen molar-refractivity contribution in [1.82, 2.24) is 25.1 Å². The molecule has 2 aromatic rings. The minimum atomic E-state index is -0.521. The van der Waals surface area contributed by atoms with Crippen molar-refractivity contribution in [1.29, 1.82) is 0 Å². The summed E-state index contributed by atoms with van der Waals surface area (Å²) in [6.45, 7) is 6.90. The number of likely N-dealkylation sites (tertiary alicyclic amines) is 1. The molecule has 2 fully saturated rings. The van der Waals surface area contributed by atoms with E-state index in [1.807, 2.05) is 6.07 Å². The van der Waals surface area contributed by atoms with Crippen LogP contribution in [-0.4, -0.2) is 94.6 Å². The summed E-state index contributed by atoms with van der Waals surface area (Å²) in [4.78, 5) is 39.8. The number of carbonyl (C=O) groups excluding carboxylic acids is 2. The van der Waals surface area contributed by atoms with Gasteiger partial charge in [0, 0.05) is 55.4 Å². The quantitative estimate of drug-likeness (QED) is 0.348. The highest BCUT2D eigenvalue weighted by molar-refractivity contribution is 6.32. The maximum absolute atomic E-state index is 12.3. The molecule has 0 aliphatic carbocycles. The molecule has 2 amide bonds. The fourth-order valence-electron chi connectivity index (χ4n) is 5.51. The summed E-state index contributed by atoms with van der Waals surface area (Å²) in [5.41, 5.74) is 13.0. The summed E-state index contributed by atoms with van der Waals surface area (Å²) in [5.74, 6) is -0.494. The molecule has 0 unspecified atom stereocenters. The number of aliphatic hydroxyl groups is 1. The number of piperazine rings is 1. The number of anilines is 2. The van der Waals surface area contributed by atoms with Gasteiger partial charge in [0.1, 0.15) is 0 Å². The van der Waals surface area contributed by atoms with Crippen LogP contribution in [0.4, 0.5) is 11.6 Å². The maximum atomic E-state index is 12.3. The molecule has 2 saturated heterocycles. The van der Waals surface area contributed by atoms with Crippen molar-refractivity contribution in [3.05, 3.63) is 45.2 Å². The Morgan fingerprint density at radius 3 is 2.56 bits per heavy atom. The van der Waals surface area contributed by atoms with E-state index in [2.05, 4.69) is 36.9 Å². The van der Waals surface area contributed by atoms with Gasteiger partial charge in [-0.15, -0.1) is 0 Å². The molecule has 0 radical (unpaired) electrons. The van der Waals surface area contributed by atoms with Crippen molar-refractivity contribution in [3.63, 3.8) is 0 Å². The lowest BCUT2D eigenvalue weighted by molar-refractivity contribution is 0.0609. The third-order valence-corrected chi connectivity index (χ3v) is 8.02. The number of hydrogen-bond acceptors (Lipinski definition) is 9. The number of benzene rings is 1. The highest BCUT2D eigenvalue weighted by Crippen LogP contribution is 2.30. The van der Waals surface area contributed by atoms with E-state index in [0.717, 1.165) is 51.0 Å². The van der Waals surface area contributed by atoms with Crippen molar-refractivity contribution in [3.8, 4) is 0 Å². The van der Waals surface area contributed by atoms with Crippen molar-refractivity contribution < 1.29 is 14.7 Å². The SMILES string of the molecule is CC[C@H]1CN(c2nc(N)c(C(=O)NCCO)nc2Cl)CCN1C1CCN(Cc2ccc(Cl)cc2C(N)=O)CC1. The number of nitrogen functional groups attached to an aromatic ring is 1. The molecule has 0 saturated carbocycles. The van der Waals surface area contributed by atoms with Gasteiger partial charge in [-0.1, -0.05) is 36.2 Å². The van der Waals surface area contributed by atoms with Crippen LogP contribution in [0.25, 0.3) is 0 Å². The zero-order chi connectivity index (χ0) is 28.1. The third-order valence-electron chi connectivity index (χ3n) is 7.53. The molecule has 4 rings (SSSR count). The highest BCUT2D eigenvalue weighted by Gasteiger charge is 2.34. The molecule has 2 aliphatic heterocycles. The average molecular weight is 580 g/mol. The Kier molecular flexibility index (Phi) is 9.84. The van der Waals surface area contributed by atoms with E-state index in [9.17, 15) is 9.59 Å². The first-order chi connectivity index (χ1) is 18.7. The number of aromatic nitrogens is 2. The highest BCUT2D eigenvalue weighted by atomic mass is 35.5. The van der Waals surface area contributed by atoms with Crippen LogP contribution in [0.3, 0.4) is 0 Å². The molecule has 39 heavy (non-hydrogen) atoms. The van der Waals surface area contributed by atoms with Gasteiger partial charge in [-0.25, -0.2) is 9.97 Å². The summed E-state index contributed by atoms with van der Waals surface area (Å²) in [6.07, 6.45) is 3.02. The number of nitrogens with one attached hydrogen (secondary N) is 1. The number of aliphatic hydroxyl groups excluding tert-OH is 1. The molecule has 3 heterocycles. The van der Waals surface area contributed by atoms with E-state index in [1.54, 1.807) is 12.1 Å². The summed E-state index contributed by atoms with van der Waals surface area (Å²) in [5, 5.41) is 12.1. The number of nitrogens with zero attached hydrogens (tertiary/aromatic N) is 5. The fourth-order valence-corrected chi connectivity index (χ4v) is 5.93. The number of piperidine rings is 1. The first kappa shape index (κ1) is 29.3. The summed E-state index contributed by atoms with van der Waals surface area (Å²) in [6, 6.07) is 6.08. The first-order valence-corrected chi connectivity index (χ1v) is 14.0. The first-order valence-electron chi connectivity index (χ1n) is 13.2. The van der Waals surface area contributed by atoms with E-state index >= 15 is 0 Å². The second-order valence-electron chi connectivity index (χ2n) is 9.97. The van der Waals surface area contributed by atoms with Gasteiger partial charge in [0.25, 0.3) is 5.91 Å². The molecule has 11 nitrogen and oxygen atoms in total. The van der Waals surface area contributed by atoms with Crippen molar-refractivity contribution in [2.45, 2.75) is 44.8 Å². The number of hydrogen-bond donors (Lipinski definition) is 4. The Morgan fingerprint density at radius 1 is 1.15 bits per heavy atom. The zero-order valence-corrected chi connectivity index (χ0v) is 23.6. The minimum Gasteiger partial charge on any atom is -0.395 e. The monoisotopic (exact) mass is 578 g/mol. The Morgan fingerprint density at radius 2 is 1.90 bits per heavy atom. The average Bonchev–Trinajstić information content (AvgIpc) is 2.93. The second-order valence-corrected chi connectivity index (χ2v) is 10.8. The Labute approximate surface area is 238 Å². The van der Waals surface area contributed by atoms with E-state index in [-0.39, 0.29) is 29.8 Å². The summed E-state index contributed by atoms with van der Waals surface area (Å²) < 4.78 is 0. The predicted molar refractivity (Wildman–Crippen MR) is 152 cm³/mol. The lowest BCUT2D eigenvalue weighted by Gasteiger charge is -2.47. The Hall–Kier alpha value is -2.70. The molecular weight excluding hydrogens is 543 g/mol. The number of nitrogens with two attached hydrogens (primary N) is 2. The lowest BCUT2D eigenvalue weighted by Crippen LogP contribution is -2.58. The number of carbonyl (C=O) groups is 2. The summed E-state index contributed by atoms with van der Waals surface area (Å²) in [7, 11) is 0. The van der Waals surface area contributed by atoms with E-state index in [4.69, 9.17) is 39.8 Å². The molecule has 1 aromatic heterocycles. The standard InChI is InChI=1S/C26H36Cl2N8O3/c1-2-18-15-35(25-22(28)32-21(23(29)33-25)26(39)31-7-12-37)10-11-36(18)19-5-8-34(9-6-19)14-16-3-4-17(27)13-20(16)24(30)38/h3-4,13,18-19,37H,2,5-12,14-15H2,1H3,(H2,29,33)(H2,30,38)(H,31,39)/t18-/m0/s1. The largest absolute Gasteiger partial charge is 0.395 e. The smallest absolute Gasteiger partial charge is 0.273 e. The van der Waals surface area contributed by atoms with Crippen molar-refractivity contribution in [2.75, 3.05) is 56.5 Å².